The predicted molar refractivity (Wildman–Crippen MR) is 78.0 cm³/mol. The van der Waals surface area contributed by atoms with Crippen molar-refractivity contribution in [2.24, 2.45) is 0 Å². The normalized spacial score (nSPS) is 12.9. The summed E-state index contributed by atoms with van der Waals surface area (Å²) in [4.78, 5) is 12.6. The Morgan fingerprint density at radius 3 is 2.89 bits per heavy atom. The lowest BCUT2D eigenvalue weighted by Gasteiger charge is -2.08. The fraction of sp³-hybridized carbons (Fsp3) is 0.188. The molecule has 0 amide bonds. The average Bonchev–Trinajstić information content (AvgIpc) is 2.84. The van der Waals surface area contributed by atoms with Crippen molar-refractivity contribution in [1.82, 2.24) is 0 Å². The van der Waals surface area contributed by atoms with E-state index in [-0.39, 0.29) is 5.78 Å². The molecule has 1 aliphatic rings. The Hall–Kier alpha value is -1.61. The molecule has 2 nitrogen and oxygen atoms in total. The van der Waals surface area contributed by atoms with Crippen molar-refractivity contribution < 1.29 is 9.53 Å². The summed E-state index contributed by atoms with van der Waals surface area (Å²) >= 11 is 3.43. The molecule has 2 aromatic rings. The molecule has 0 N–H and O–H groups in total. The topological polar surface area (TPSA) is 26.3 Å². The summed E-state index contributed by atoms with van der Waals surface area (Å²) in [6.07, 6.45) is 0.883. The number of rotatable bonds is 2. The number of ether oxygens (including phenoxy) is 1. The molecular weight excluding hydrogens is 304 g/mol. The Labute approximate surface area is 120 Å². The van der Waals surface area contributed by atoms with Crippen molar-refractivity contribution in [3.05, 3.63) is 63.1 Å². The smallest absolute Gasteiger partial charge is 0.196 e. The first-order valence-electron chi connectivity index (χ1n) is 6.22. The highest BCUT2D eigenvalue weighted by molar-refractivity contribution is 9.10. The van der Waals surface area contributed by atoms with Crippen molar-refractivity contribution in [1.29, 1.82) is 0 Å². The molecule has 0 atom stereocenters. The monoisotopic (exact) mass is 316 g/mol. The number of hydrogen-bond donors (Lipinski definition) is 0. The maximum Gasteiger partial charge on any atom is 0.196 e. The summed E-state index contributed by atoms with van der Waals surface area (Å²) in [5, 5.41) is 0. The van der Waals surface area contributed by atoms with Gasteiger partial charge in [-0.15, -0.1) is 0 Å². The van der Waals surface area contributed by atoms with Crippen molar-refractivity contribution in [2.45, 2.75) is 13.3 Å². The van der Waals surface area contributed by atoms with E-state index >= 15 is 0 Å². The van der Waals surface area contributed by atoms with E-state index in [4.69, 9.17) is 4.74 Å². The van der Waals surface area contributed by atoms with E-state index in [0.29, 0.717) is 17.7 Å². The van der Waals surface area contributed by atoms with Crippen LogP contribution in [0.5, 0.6) is 5.75 Å². The summed E-state index contributed by atoms with van der Waals surface area (Å²) in [5.74, 6) is 0.772. The number of aryl methyl sites for hydroxylation is 1. The summed E-state index contributed by atoms with van der Waals surface area (Å²) in [7, 11) is 0. The first-order chi connectivity index (χ1) is 9.15. The van der Waals surface area contributed by atoms with Crippen LogP contribution in [-0.4, -0.2) is 12.4 Å². The second kappa shape index (κ2) is 4.82. The van der Waals surface area contributed by atoms with Crippen LogP contribution in [0.4, 0.5) is 0 Å². The summed E-state index contributed by atoms with van der Waals surface area (Å²) in [5.41, 5.74) is 3.53. The fourth-order valence-electron chi connectivity index (χ4n) is 2.42. The van der Waals surface area contributed by atoms with Gasteiger partial charge in [-0.1, -0.05) is 28.1 Å². The van der Waals surface area contributed by atoms with Crippen LogP contribution in [0, 0.1) is 6.92 Å². The Morgan fingerprint density at radius 2 is 2.11 bits per heavy atom. The highest BCUT2D eigenvalue weighted by Crippen LogP contribution is 2.31. The molecule has 3 heteroatoms. The van der Waals surface area contributed by atoms with Crippen molar-refractivity contribution in [3.8, 4) is 5.75 Å². The van der Waals surface area contributed by atoms with Gasteiger partial charge in [0.1, 0.15) is 5.75 Å². The van der Waals surface area contributed by atoms with E-state index in [9.17, 15) is 4.79 Å². The lowest BCUT2D eigenvalue weighted by atomic mass is 9.99. The molecule has 2 aromatic carbocycles. The van der Waals surface area contributed by atoms with E-state index in [2.05, 4.69) is 15.9 Å². The highest BCUT2D eigenvalue weighted by atomic mass is 79.9. The van der Waals surface area contributed by atoms with E-state index < -0.39 is 0 Å². The lowest BCUT2D eigenvalue weighted by molar-refractivity contribution is 0.103. The highest BCUT2D eigenvalue weighted by Gasteiger charge is 2.21. The molecule has 0 saturated carbocycles. The number of fused-ring (bicyclic) bond motifs is 1. The van der Waals surface area contributed by atoms with Crippen LogP contribution in [0.1, 0.15) is 27.0 Å². The summed E-state index contributed by atoms with van der Waals surface area (Å²) in [6.45, 7) is 2.64. The van der Waals surface area contributed by atoms with Gasteiger partial charge in [0.2, 0.25) is 0 Å². The Bertz CT molecular complexity index is 642. The van der Waals surface area contributed by atoms with E-state index in [1.165, 1.54) is 0 Å². The van der Waals surface area contributed by atoms with Gasteiger partial charge in [-0.2, -0.15) is 0 Å². The number of ketones is 1. The first-order valence-corrected chi connectivity index (χ1v) is 7.01. The molecule has 0 bridgehead atoms. The van der Waals surface area contributed by atoms with Crippen LogP contribution in [0.25, 0.3) is 0 Å². The van der Waals surface area contributed by atoms with Crippen molar-refractivity contribution >= 4 is 21.7 Å². The number of carbonyl (C=O) groups excluding carboxylic acids is 1. The molecule has 0 aromatic heterocycles. The van der Waals surface area contributed by atoms with Gasteiger partial charge in [0.05, 0.1) is 12.2 Å². The molecule has 0 radical (unpaired) electrons. The minimum atomic E-state index is 0.0168. The quantitative estimate of drug-likeness (QED) is 0.785. The SMILES string of the molecule is Cc1cc(Br)cc(C(=O)c2cccc3c2OCC3)c1. The van der Waals surface area contributed by atoms with Gasteiger partial charge in [0, 0.05) is 16.5 Å². The lowest BCUT2D eigenvalue weighted by Crippen LogP contribution is -2.04. The standard InChI is InChI=1S/C16H13BrO2/c1-10-7-12(9-13(17)8-10)15(18)14-4-2-3-11-5-6-19-16(11)14/h2-4,7-9H,5-6H2,1H3. The maximum absolute atomic E-state index is 12.6. The van der Waals surface area contributed by atoms with Gasteiger partial charge in [-0.05, 0) is 42.3 Å². The van der Waals surface area contributed by atoms with Crippen LogP contribution in [0.2, 0.25) is 0 Å². The number of hydrogen-bond acceptors (Lipinski definition) is 2. The van der Waals surface area contributed by atoms with Gasteiger partial charge in [-0.25, -0.2) is 0 Å². The van der Waals surface area contributed by atoms with Gasteiger partial charge in [-0.3, -0.25) is 4.79 Å². The van der Waals surface area contributed by atoms with Gasteiger partial charge < -0.3 is 4.74 Å². The summed E-state index contributed by atoms with van der Waals surface area (Å²) < 4.78 is 6.52. The predicted octanol–water partition coefficient (Wildman–Crippen LogP) is 3.92. The van der Waals surface area contributed by atoms with Gasteiger partial charge in [0.15, 0.2) is 5.78 Å². The van der Waals surface area contributed by atoms with Crippen molar-refractivity contribution in [3.63, 3.8) is 0 Å². The third kappa shape index (κ3) is 2.30. The maximum atomic E-state index is 12.6. The molecule has 96 valence electrons. The summed E-state index contributed by atoms with van der Waals surface area (Å²) in [6, 6.07) is 11.5. The zero-order valence-corrected chi connectivity index (χ0v) is 12.2. The molecular formula is C16H13BrO2. The van der Waals surface area contributed by atoms with Crippen LogP contribution >= 0.6 is 15.9 Å². The van der Waals surface area contributed by atoms with E-state index in [1.54, 1.807) is 0 Å². The number of halogens is 1. The molecule has 1 aliphatic heterocycles. The van der Waals surface area contributed by atoms with Crippen LogP contribution in [-0.2, 0) is 6.42 Å². The molecule has 0 unspecified atom stereocenters. The molecule has 0 saturated heterocycles. The molecule has 0 spiro atoms. The minimum absolute atomic E-state index is 0.0168. The number of carbonyl (C=O) groups is 1. The van der Waals surface area contributed by atoms with Crippen LogP contribution in [0.15, 0.2) is 40.9 Å². The molecule has 1 heterocycles. The molecule has 0 fully saturated rings. The zero-order chi connectivity index (χ0) is 13.4. The average molecular weight is 317 g/mol. The largest absolute Gasteiger partial charge is 0.492 e. The van der Waals surface area contributed by atoms with E-state index in [0.717, 1.165) is 27.8 Å². The minimum Gasteiger partial charge on any atom is -0.492 e. The number of para-hydroxylation sites is 1. The van der Waals surface area contributed by atoms with Crippen molar-refractivity contribution in [2.75, 3.05) is 6.61 Å². The second-order valence-electron chi connectivity index (χ2n) is 4.74. The third-order valence-electron chi connectivity index (χ3n) is 3.26. The third-order valence-corrected chi connectivity index (χ3v) is 3.72. The fourth-order valence-corrected chi connectivity index (χ4v) is 3.02. The second-order valence-corrected chi connectivity index (χ2v) is 5.65. The Kier molecular flexibility index (Phi) is 3.15. The Balaban J connectivity index is 2.07. The molecule has 0 aliphatic carbocycles. The van der Waals surface area contributed by atoms with E-state index in [1.807, 2.05) is 43.3 Å². The number of benzene rings is 2. The van der Waals surface area contributed by atoms with Gasteiger partial charge >= 0.3 is 0 Å². The van der Waals surface area contributed by atoms with Crippen LogP contribution < -0.4 is 4.74 Å². The zero-order valence-electron chi connectivity index (χ0n) is 10.6. The molecule has 3 rings (SSSR count). The van der Waals surface area contributed by atoms with Crippen LogP contribution in [0.3, 0.4) is 0 Å². The Morgan fingerprint density at radius 1 is 1.26 bits per heavy atom. The van der Waals surface area contributed by atoms with Gasteiger partial charge in [0.25, 0.3) is 0 Å². The molecule has 19 heavy (non-hydrogen) atoms. The first kappa shape index (κ1) is 12.4.